The second-order valence-corrected chi connectivity index (χ2v) is 4.46. The first kappa shape index (κ1) is 8.34. The standard InChI is InChI=1S/C12H20/c1-2-4-6-11(7-5-3-1)10-12-8-9-12/h6,12H,1-5,7-10H2/b11-6-. The number of allylic oxidation sites excluding steroid dienone is 2. The number of rotatable bonds is 2. The Kier molecular flexibility index (Phi) is 2.86. The molecule has 0 heterocycles. The second-order valence-electron chi connectivity index (χ2n) is 4.46. The van der Waals surface area contributed by atoms with Gasteiger partial charge in [0.2, 0.25) is 0 Å². The predicted molar refractivity (Wildman–Crippen MR) is 53.1 cm³/mol. The average Bonchev–Trinajstić information content (AvgIpc) is 2.78. The molecular weight excluding hydrogens is 144 g/mol. The Labute approximate surface area is 76.1 Å². The Morgan fingerprint density at radius 2 is 1.92 bits per heavy atom. The third-order valence-electron chi connectivity index (χ3n) is 3.13. The highest BCUT2D eigenvalue weighted by atomic mass is 14.3. The first-order valence-electron chi connectivity index (χ1n) is 5.63. The van der Waals surface area contributed by atoms with Crippen molar-refractivity contribution in [2.45, 2.75) is 57.8 Å². The van der Waals surface area contributed by atoms with Crippen LogP contribution < -0.4 is 0 Å². The predicted octanol–water partition coefficient (Wildman–Crippen LogP) is 4.07. The maximum absolute atomic E-state index is 2.54. The monoisotopic (exact) mass is 164 g/mol. The van der Waals surface area contributed by atoms with E-state index in [-0.39, 0.29) is 0 Å². The lowest BCUT2D eigenvalue weighted by Gasteiger charge is -2.10. The van der Waals surface area contributed by atoms with Gasteiger partial charge < -0.3 is 0 Å². The summed E-state index contributed by atoms with van der Waals surface area (Å²) in [7, 11) is 0. The summed E-state index contributed by atoms with van der Waals surface area (Å²) in [6.45, 7) is 0. The molecule has 2 rings (SSSR count). The van der Waals surface area contributed by atoms with Gasteiger partial charge in [0.15, 0.2) is 0 Å². The molecule has 0 radical (unpaired) electrons. The summed E-state index contributed by atoms with van der Waals surface area (Å²) in [6.07, 6.45) is 15.6. The Bertz CT molecular complexity index is 163. The van der Waals surface area contributed by atoms with Crippen molar-refractivity contribution in [1.29, 1.82) is 0 Å². The summed E-state index contributed by atoms with van der Waals surface area (Å²) in [5.74, 6) is 1.09. The van der Waals surface area contributed by atoms with Gasteiger partial charge in [0.25, 0.3) is 0 Å². The highest BCUT2D eigenvalue weighted by Crippen LogP contribution is 2.37. The van der Waals surface area contributed by atoms with E-state index in [0.29, 0.717) is 0 Å². The first-order chi connectivity index (χ1) is 5.95. The molecule has 0 bridgehead atoms. The Balaban J connectivity index is 1.81. The summed E-state index contributed by atoms with van der Waals surface area (Å²) in [4.78, 5) is 0. The van der Waals surface area contributed by atoms with E-state index >= 15 is 0 Å². The molecule has 0 N–H and O–H groups in total. The van der Waals surface area contributed by atoms with E-state index in [1.165, 1.54) is 57.8 Å². The molecule has 2 aliphatic rings. The zero-order valence-electron chi connectivity index (χ0n) is 8.02. The highest BCUT2D eigenvalue weighted by molar-refractivity contribution is 5.05. The minimum atomic E-state index is 1.09. The van der Waals surface area contributed by atoms with Crippen LogP contribution in [0.15, 0.2) is 11.6 Å². The van der Waals surface area contributed by atoms with E-state index in [2.05, 4.69) is 6.08 Å². The fraction of sp³-hybridized carbons (Fsp3) is 0.833. The van der Waals surface area contributed by atoms with Gasteiger partial charge in [0, 0.05) is 0 Å². The van der Waals surface area contributed by atoms with Crippen molar-refractivity contribution in [2.24, 2.45) is 5.92 Å². The first-order valence-corrected chi connectivity index (χ1v) is 5.63. The molecule has 0 aromatic carbocycles. The highest BCUT2D eigenvalue weighted by Gasteiger charge is 2.22. The van der Waals surface area contributed by atoms with Crippen molar-refractivity contribution in [3.05, 3.63) is 11.6 Å². The summed E-state index contributed by atoms with van der Waals surface area (Å²) in [6, 6.07) is 0. The van der Waals surface area contributed by atoms with Crippen molar-refractivity contribution in [3.63, 3.8) is 0 Å². The minimum Gasteiger partial charge on any atom is -0.0853 e. The van der Waals surface area contributed by atoms with Crippen LogP contribution in [-0.4, -0.2) is 0 Å². The van der Waals surface area contributed by atoms with Crippen LogP contribution in [0.25, 0.3) is 0 Å². The zero-order chi connectivity index (χ0) is 8.23. The topological polar surface area (TPSA) is 0 Å². The van der Waals surface area contributed by atoms with Crippen LogP contribution in [-0.2, 0) is 0 Å². The van der Waals surface area contributed by atoms with E-state index < -0.39 is 0 Å². The van der Waals surface area contributed by atoms with E-state index in [9.17, 15) is 0 Å². The van der Waals surface area contributed by atoms with Gasteiger partial charge in [-0.1, -0.05) is 24.5 Å². The molecule has 0 aliphatic heterocycles. The Morgan fingerprint density at radius 3 is 2.75 bits per heavy atom. The van der Waals surface area contributed by atoms with Gasteiger partial charge in [-0.05, 0) is 50.9 Å². The zero-order valence-corrected chi connectivity index (χ0v) is 8.02. The van der Waals surface area contributed by atoms with Gasteiger partial charge >= 0.3 is 0 Å². The van der Waals surface area contributed by atoms with Crippen molar-refractivity contribution in [1.82, 2.24) is 0 Å². The van der Waals surface area contributed by atoms with Gasteiger partial charge in [-0.25, -0.2) is 0 Å². The van der Waals surface area contributed by atoms with Crippen LogP contribution in [0.3, 0.4) is 0 Å². The molecule has 0 aromatic heterocycles. The normalized spacial score (nSPS) is 30.2. The van der Waals surface area contributed by atoms with Gasteiger partial charge in [0.1, 0.15) is 0 Å². The average molecular weight is 164 g/mol. The molecule has 0 atom stereocenters. The molecule has 1 fully saturated rings. The molecule has 0 heteroatoms. The molecule has 0 unspecified atom stereocenters. The summed E-state index contributed by atoms with van der Waals surface area (Å²) < 4.78 is 0. The maximum atomic E-state index is 2.54. The van der Waals surface area contributed by atoms with Crippen molar-refractivity contribution in [3.8, 4) is 0 Å². The Hall–Kier alpha value is -0.260. The molecule has 1 saturated carbocycles. The van der Waals surface area contributed by atoms with Crippen LogP contribution in [0, 0.1) is 5.92 Å². The maximum Gasteiger partial charge on any atom is -0.0292 e. The van der Waals surface area contributed by atoms with E-state index in [0.717, 1.165) is 5.92 Å². The number of hydrogen-bond acceptors (Lipinski definition) is 0. The van der Waals surface area contributed by atoms with Gasteiger partial charge in [-0.2, -0.15) is 0 Å². The third kappa shape index (κ3) is 2.66. The molecule has 0 saturated heterocycles. The molecular formula is C12H20. The lowest BCUT2D eigenvalue weighted by molar-refractivity contribution is 0.606. The second kappa shape index (κ2) is 4.11. The van der Waals surface area contributed by atoms with E-state index in [1.807, 2.05) is 0 Å². The minimum absolute atomic E-state index is 1.09. The largest absolute Gasteiger partial charge is 0.0853 e. The molecule has 0 aromatic rings. The van der Waals surface area contributed by atoms with Gasteiger partial charge in [-0.3, -0.25) is 0 Å². The molecule has 0 spiro atoms. The van der Waals surface area contributed by atoms with E-state index in [1.54, 1.807) is 5.57 Å². The van der Waals surface area contributed by atoms with Crippen LogP contribution >= 0.6 is 0 Å². The van der Waals surface area contributed by atoms with E-state index in [4.69, 9.17) is 0 Å². The quantitative estimate of drug-likeness (QED) is 0.540. The molecule has 2 aliphatic carbocycles. The lowest BCUT2D eigenvalue weighted by Crippen LogP contribution is -1.91. The smallest absolute Gasteiger partial charge is 0.0292 e. The van der Waals surface area contributed by atoms with Crippen LogP contribution in [0.2, 0.25) is 0 Å². The van der Waals surface area contributed by atoms with Crippen molar-refractivity contribution in [2.75, 3.05) is 0 Å². The molecule has 0 amide bonds. The summed E-state index contributed by atoms with van der Waals surface area (Å²) in [5.41, 5.74) is 1.79. The fourth-order valence-corrected chi connectivity index (χ4v) is 2.14. The van der Waals surface area contributed by atoms with Crippen LogP contribution in [0.1, 0.15) is 57.8 Å². The fourth-order valence-electron chi connectivity index (χ4n) is 2.14. The molecule has 68 valence electrons. The summed E-state index contributed by atoms with van der Waals surface area (Å²) in [5, 5.41) is 0. The van der Waals surface area contributed by atoms with Crippen molar-refractivity contribution < 1.29 is 0 Å². The van der Waals surface area contributed by atoms with Gasteiger partial charge in [0.05, 0.1) is 0 Å². The lowest BCUT2D eigenvalue weighted by atomic mass is 9.96. The van der Waals surface area contributed by atoms with Crippen LogP contribution in [0.4, 0.5) is 0 Å². The molecule has 12 heavy (non-hydrogen) atoms. The third-order valence-corrected chi connectivity index (χ3v) is 3.13. The number of hydrogen-bond donors (Lipinski definition) is 0. The molecule has 0 nitrogen and oxygen atoms in total. The Morgan fingerprint density at radius 1 is 1.08 bits per heavy atom. The van der Waals surface area contributed by atoms with Gasteiger partial charge in [-0.15, -0.1) is 0 Å². The van der Waals surface area contributed by atoms with Crippen molar-refractivity contribution >= 4 is 0 Å². The summed E-state index contributed by atoms with van der Waals surface area (Å²) >= 11 is 0. The van der Waals surface area contributed by atoms with Crippen LogP contribution in [0.5, 0.6) is 0 Å². The SMILES string of the molecule is C1=C(\CC2CC2)CCCCCC/1.